The SMILES string of the molecule is N#Cc1cccc(C(O)C(=O)O)c1CC(=O)CCl. The molecule has 0 amide bonds. The number of rotatable bonds is 5. The Kier molecular flexibility index (Phi) is 4.84. The third kappa shape index (κ3) is 3.06. The summed E-state index contributed by atoms with van der Waals surface area (Å²) in [5, 5.41) is 27.2. The smallest absolute Gasteiger partial charge is 0.337 e. The Hall–Kier alpha value is -1.90. The van der Waals surface area contributed by atoms with Gasteiger partial charge in [0.1, 0.15) is 0 Å². The summed E-state index contributed by atoms with van der Waals surface area (Å²) in [4.78, 5) is 22.1. The van der Waals surface area contributed by atoms with E-state index in [1.165, 1.54) is 18.2 Å². The number of benzene rings is 1. The molecule has 0 spiro atoms. The van der Waals surface area contributed by atoms with E-state index in [-0.39, 0.29) is 34.8 Å². The molecule has 0 radical (unpaired) electrons. The number of carboxylic acids is 1. The first-order valence-electron chi connectivity index (χ1n) is 5.01. The average molecular weight is 268 g/mol. The summed E-state index contributed by atoms with van der Waals surface area (Å²) in [6.45, 7) is 0. The first kappa shape index (κ1) is 14.2. The van der Waals surface area contributed by atoms with Crippen LogP contribution in [-0.2, 0) is 16.0 Å². The molecule has 1 rings (SSSR count). The van der Waals surface area contributed by atoms with Crippen molar-refractivity contribution in [2.24, 2.45) is 0 Å². The van der Waals surface area contributed by atoms with Crippen LogP contribution in [0.5, 0.6) is 0 Å². The molecule has 0 fully saturated rings. The summed E-state index contributed by atoms with van der Waals surface area (Å²) >= 11 is 5.38. The Labute approximate surface area is 108 Å². The van der Waals surface area contributed by atoms with E-state index in [0.29, 0.717) is 0 Å². The second-order valence-electron chi connectivity index (χ2n) is 3.58. The highest BCUT2D eigenvalue weighted by atomic mass is 35.5. The second-order valence-corrected chi connectivity index (χ2v) is 3.84. The molecular weight excluding hydrogens is 258 g/mol. The molecule has 2 N–H and O–H groups in total. The first-order valence-corrected chi connectivity index (χ1v) is 5.55. The van der Waals surface area contributed by atoms with Crippen LogP contribution >= 0.6 is 11.6 Å². The maximum atomic E-state index is 11.3. The first-order chi connectivity index (χ1) is 8.51. The average Bonchev–Trinajstić information content (AvgIpc) is 2.37. The molecule has 94 valence electrons. The number of aliphatic hydroxyl groups is 1. The van der Waals surface area contributed by atoms with Gasteiger partial charge in [0.05, 0.1) is 17.5 Å². The molecule has 0 heterocycles. The van der Waals surface area contributed by atoms with Crippen molar-refractivity contribution in [3.05, 3.63) is 34.9 Å². The number of carboxylic acid groups (broad SMARTS) is 1. The maximum absolute atomic E-state index is 11.3. The number of nitriles is 1. The molecule has 0 aliphatic heterocycles. The fraction of sp³-hybridized carbons (Fsp3) is 0.250. The number of halogens is 1. The summed E-state index contributed by atoms with van der Waals surface area (Å²) in [7, 11) is 0. The van der Waals surface area contributed by atoms with Gasteiger partial charge in [0, 0.05) is 6.42 Å². The van der Waals surface area contributed by atoms with Crippen molar-refractivity contribution in [3.8, 4) is 6.07 Å². The number of hydrogen-bond acceptors (Lipinski definition) is 4. The number of hydrogen-bond donors (Lipinski definition) is 2. The Bertz CT molecular complexity index is 521. The highest BCUT2D eigenvalue weighted by Gasteiger charge is 2.22. The van der Waals surface area contributed by atoms with E-state index in [4.69, 9.17) is 22.0 Å². The van der Waals surface area contributed by atoms with E-state index < -0.39 is 12.1 Å². The van der Waals surface area contributed by atoms with Crippen LogP contribution in [-0.4, -0.2) is 27.8 Å². The molecule has 0 saturated carbocycles. The fourth-order valence-corrected chi connectivity index (χ4v) is 1.63. The minimum Gasteiger partial charge on any atom is -0.479 e. The van der Waals surface area contributed by atoms with Gasteiger partial charge in [-0.3, -0.25) is 4.79 Å². The van der Waals surface area contributed by atoms with Crippen LogP contribution in [0.4, 0.5) is 0 Å². The van der Waals surface area contributed by atoms with E-state index in [1.807, 2.05) is 6.07 Å². The minimum absolute atomic E-state index is 0.0417. The van der Waals surface area contributed by atoms with Crippen LogP contribution in [0, 0.1) is 11.3 Å². The zero-order chi connectivity index (χ0) is 13.7. The van der Waals surface area contributed by atoms with E-state index in [9.17, 15) is 14.7 Å². The van der Waals surface area contributed by atoms with Gasteiger partial charge >= 0.3 is 5.97 Å². The largest absolute Gasteiger partial charge is 0.479 e. The number of aliphatic hydroxyl groups excluding tert-OH is 1. The van der Waals surface area contributed by atoms with Crippen molar-refractivity contribution in [1.29, 1.82) is 5.26 Å². The van der Waals surface area contributed by atoms with Gasteiger partial charge < -0.3 is 10.2 Å². The lowest BCUT2D eigenvalue weighted by molar-refractivity contribution is -0.147. The van der Waals surface area contributed by atoms with E-state index in [2.05, 4.69) is 0 Å². The molecule has 18 heavy (non-hydrogen) atoms. The van der Waals surface area contributed by atoms with Gasteiger partial charge in [0.2, 0.25) is 0 Å². The molecule has 5 nitrogen and oxygen atoms in total. The van der Waals surface area contributed by atoms with Crippen LogP contribution in [0.15, 0.2) is 18.2 Å². The summed E-state index contributed by atoms with van der Waals surface area (Å²) in [6.07, 6.45) is -1.94. The number of Topliss-reactive ketones (excluding diaryl/α,β-unsaturated/α-hetero) is 1. The Morgan fingerprint density at radius 1 is 1.44 bits per heavy atom. The lowest BCUT2D eigenvalue weighted by Crippen LogP contribution is -2.16. The zero-order valence-corrected chi connectivity index (χ0v) is 10.0. The fourth-order valence-electron chi connectivity index (χ4n) is 1.54. The summed E-state index contributed by atoms with van der Waals surface area (Å²) < 4.78 is 0. The minimum atomic E-state index is -1.77. The summed E-state index contributed by atoms with van der Waals surface area (Å²) in [6, 6.07) is 6.14. The van der Waals surface area contributed by atoms with Gasteiger partial charge in [0.25, 0.3) is 0 Å². The number of alkyl halides is 1. The van der Waals surface area contributed by atoms with Crippen molar-refractivity contribution in [2.45, 2.75) is 12.5 Å². The van der Waals surface area contributed by atoms with Crippen molar-refractivity contribution < 1.29 is 19.8 Å². The highest BCUT2D eigenvalue weighted by Crippen LogP contribution is 2.22. The molecular formula is C12H10ClNO4. The van der Waals surface area contributed by atoms with Crippen molar-refractivity contribution >= 4 is 23.4 Å². The molecule has 1 aromatic carbocycles. The van der Waals surface area contributed by atoms with Gasteiger partial charge in [-0.1, -0.05) is 12.1 Å². The van der Waals surface area contributed by atoms with Crippen LogP contribution in [0.1, 0.15) is 22.8 Å². The molecule has 6 heteroatoms. The van der Waals surface area contributed by atoms with Gasteiger partial charge in [-0.05, 0) is 17.2 Å². The number of aliphatic carboxylic acids is 1. The quantitative estimate of drug-likeness (QED) is 0.776. The molecule has 0 aliphatic carbocycles. The van der Waals surface area contributed by atoms with Crippen molar-refractivity contribution in [1.82, 2.24) is 0 Å². The lowest BCUT2D eigenvalue weighted by atomic mass is 9.94. The number of carbonyl (C=O) groups excluding carboxylic acids is 1. The normalized spacial score (nSPS) is 11.6. The van der Waals surface area contributed by atoms with E-state index >= 15 is 0 Å². The molecule has 0 bridgehead atoms. The van der Waals surface area contributed by atoms with E-state index in [0.717, 1.165) is 0 Å². The van der Waals surface area contributed by atoms with Crippen molar-refractivity contribution in [3.63, 3.8) is 0 Å². The van der Waals surface area contributed by atoms with Crippen molar-refractivity contribution in [2.75, 3.05) is 5.88 Å². The predicted molar refractivity (Wildman–Crippen MR) is 63.2 cm³/mol. The molecule has 1 atom stereocenters. The van der Waals surface area contributed by atoms with Crippen LogP contribution in [0.25, 0.3) is 0 Å². The standard InChI is InChI=1S/C12H10ClNO4/c13-5-8(15)4-10-7(6-14)2-1-3-9(10)11(16)12(17)18/h1-3,11,16H,4-5H2,(H,17,18). The topological polar surface area (TPSA) is 98.4 Å². The molecule has 1 unspecified atom stereocenters. The lowest BCUT2D eigenvalue weighted by Gasteiger charge is -2.12. The monoisotopic (exact) mass is 267 g/mol. The molecule has 0 saturated heterocycles. The third-order valence-corrected chi connectivity index (χ3v) is 2.68. The van der Waals surface area contributed by atoms with Gasteiger partial charge in [-0.25, -0.2) is 4.79 Å². The third-order valence-electron chi connectivity index (χ3n) is 2.38. The molecule has 1 aromatic rings. The zero-order valence-electron chi connectivity index (χ0n) is 9.26. The predicted octanol–water partition coefficient (Wildman–Crippen LogP) is 1.03. The Morgan fingerprint density at radius 3 is 2.61 bits per heavy atom. The number of nitrogens with zero attached hydrogens (tertiary/aromatic N) is 1. The summed E-state index contributed by atoms with van der Waals surface area (Å²) in [5.74, 6) is -2.02. The number of carbonyl (C=O) groups is 2. The van der Waals surface area contributed by atoms with Crippen LogP contribution in [0.2, 0.25) is 0 Å². The molecule has 0 aromatic heterocycles. The van der Waals surface area contributed by atoms with Crippen LogP contribution in [0.3, 0.4) is 0 Å². The highest BCUT2D eigenvalue weighted by molar-refractivity contribution is 6.27. The van der Waals surface area contributed by atoms with Gasteiger partial charge in [-0.2, -0.15) is 5.26 Å². The van der Waals surface area contributed by atoms with E-state index in [1.54, 1.807) is 0 Å². The van der Waals surface area contributed by atoms with Gasteiger partial charge in [-0.15, -0.1) is 11.6 Å². The Morgan fingerprint density at radius 2 is 2.11 bits per heavy atom. The number of ketones is 1. The second kappa shape index (κ2) is 6.15. The molecule has 0 aliphatic rings. The summed E-state index contributed by atoms with van der Waals surface area (Å²) in [5.41, 5.74) is 0.409. The Balaban J connectivity index is 3.29. The maximum Gasteiger partial charge on any atom is 0.337 e. The van der Waals surface area contributed by atoms with Gasteiger partial charge in [0.15, 0.2) is 11.9 Å². The van der Waals surface area contributed by atoms with Crippen LogP contribution < -0.4 is 0 Å².